The number of ether oxygens (including phenoxy) is 2. The molecule has 0 bridgehead atoms. The van der Waals surface area contributed by atoms with Gasteiger partial charge < -0.3 is 14.6 Å². The van der Waals surface area contributed by atoms with E-state index in [-0.39, 0.29) is 18.1 Å². The van der Waals surface area contributed by atoms with Gasteiger partial charge in [0.25, 0.3) is 0 Å². The first-order valence-corrected chi connectivity index (χ1v) is 7.30. The zero-order valence-electron chi connectivity index (χ0n) is 11.3. The minimum atomic E-state index is -0.323. The SMILES string of the molecule is OC(CC1OCCc2ccccc21)C1CCCOC1. The molecule has 104 valence electrons. The van der Waals surface area contributed by atoms with Crippen molar-refractivity contribution in [3.8, 4) is 0 Å². The van der Waals surface area contributed by atoms with Crippen molar-refractivity contribution in [2.24, 2.45) is 5.92 Å². The Morgan fingerprint density at radius 1 is 1.26 bits per heavy atom. The molecule has 2 heterocycles. The first kappa shape index (κ1) is 13.1. The molecule has 3 heteroatoms. The lowest BCUT2D eigenvalue weighted by molar-refractivity contribution is -0.0466. The molecule has 0 amide bonds. The average Bonchev–Trinajstić information content (AvgIpc) is 2.48. The van der Waals surface area contributed by atoms with E-state index in [0.29, 0.717) is 13.0 Å². The fourth-order valence-corrected chi connectivity index (χ4v) is 3.15. The molecule has 0 aromatic heterocycles. The van der Waals surface area contributed by atoms with Crippen LogP contribution >= 0.6 is 0 Å². The summed E-state index contributed by atoms with van der Waals surface area (Å²) >= 11 is 0. The summed E-state index contributed by atoms with van der Waals surface area (Å²) in [5, 5.41) is 10.4. The van der Waals surface area contributed by atoms with Crippen molar-refractivity contribution in [2.75, 3.05) is 19.8 Å². The second-order valence-corrected chi connectivity index (χ2v) is 5.59. The van der Waals surface area contributed by atoms with E-state index in [9.17, 15) is 5.11 Å². The van der Waals surface area contributed by atoms with Crippen LogP contribution < -0.4 is 0 Å². The highest BCUT2D eigenvalue weighted by Crippen LogP contribution is 2.33. The Hall–Kier alpha value is -0.900. The summed E-state index contributed by atoms with van der Waals surface area (Å²) < 4.78 is 11.3. The Morgan fingerprint density at radius 2 is 2.16 bits per heavy atom. The van der Waals surface area contributed by atoms with Crippen molar-refractivity contribution < 1.29 is 14.6 Å². The zero-order valence-corrected chi connectivity index (χ0v) is 11.3. The minimum Gasteiger partial charge on any atom is -0.393 e. The topological polar surface area (TPSA) is 38.7 Å². The van der Waals surface area contributed by atoms with Crippen molar-refractivity contribution >= 4 is 0 Å². The molecule has 3 rings (SSSR count). The number of aliphatic hydroxyl groups excluding tert-OH is 1. The number of hydrogen-bond donors (Lipinski definition) is 1. The number of fused-ring (bicyclic) bond motifs is 1. The Balaban J connectivity index is 1.66. The van der Waals surface area contributed by atoms with Crippen LogP contribution in [0.2, 0.25) is 0 Å². The predicted molar refractivity (Wildman–Crippen MR) is 73.0 cm³/mol. The van der Waals surface area contributed by atoms with Crippen molar-refractivity contribution in [3.05, 3.63) is 35.4 Å². The number of rotatable bonds is 3. The van der Waals surface area contributed by atoms with E-state index >= 15 is 0 Å². The first-order chi connectivity index (χ1) is 9.34. The lowest BCUT2D eigenvalue weighted by Crippen LogP contribution is -2.31. The molecule has 0 saturated carbocycles. The summed E-state index contributed by atoms with van der Waals surface area (Å²) in [4.78, 5) is 0. The third-order valence-corrected chi connectivity index (χ3v) is 4.29. The summed E-state index contributed by atoms with van der Waals surface area (Å²) in [7, 11) is 0. The van der Waals surface area contributed by atoms with Crippen molar-refractivity contribution in [1.82, 2.24) is 0 Å². The number of benzene rings is 1. The molecule has 2 aliphatic rings. The van der Waals surface area contributed by atoms with Crippen LogP contribution in [0.25, 0.3) is 0 Å². The van der Waals surface area contributed by atoms with E-state index < -0.39 is 0 Å². The largest absolute Gasteiger partial charge is 0.393 e. The quantitative estimate of drug-likeness (QED) is 0.909. The molecule has 0 spiro atoms. The molecule has 1 N–H and O–H groups in total. The molecule has 1 saturated heterocycles. The molecule has 0 radical (unpaired) electrons. The molecule has 1 aromatic rings. The predicted octanol–water partition coefficient (Wildman–Crippen LogP) is 2.48. The van der Waals surface area contributed by atoms with Gasteiger partial charge in [0.05, 0.1) is 25.4 Å². The van der Waals surface area contributed by atoms with E-state index in [0.717, 1.165) is 32.5 Å². The maximum atomic E-state index is 10.4. The van der Waals surface area contributed by atoms with Gasteiger partial charge >= 0.3 is 0 Å². The molecule has 0 aliphatic carbocycles. The second kappa shape index (κ2) is 6.04. The van der Waals surface area contributed by atoms with Crippen molar-refractivity contribution in [1.29, 1.82) is 0 Å². The Bertz CT molecular complexity index is 412. The molecule has 3 nitrogen and oxygen atoms in total. The van der Waals surface area contributed by atoms with Crippen LogP contribution in [0.1, 0.15) is 36.5 Å². The lowest BCUT2D eigenvalue weighted by atomic mass is 9.88. The van der Waals surface area contributed by atoms with E-state index in [1.807, 2.05) is 0 Å². The van der Waals surface area contributed by atoms with Crippen LogP contribution in [0.3, 0.4) is 0 Å². The molecule has 1 fully saturated rings. The highest BCUT2D eigenvalue weighted by atomic mass is 16.5. The van der Waals surface area contributed by atoms with E-state index in [1.54, 1.807) is 0 Å². The fraction of sp³-hybridized carbons (Fsp3) is 0.625. The highest BCUT2D eigenvalue weighted by molar-refractivity contribution is 5.30. The van der Waals surface area contributed by atoms with Crippen LogP contribution in [0.4, 0.5) is 0 Å². The number of aliphatic hydroxyl groups is 1. The van der Waals surface area contributed by atoms with Crippen LogP contribution in [0, 0.1) is 5.92 Å². The molecular formula is C16H22O3. The van der Waals surface area contributed by atoms with E-state index in [2.05, 4.69) is 24.3 Å². The van der Waals surface area contributed by atoms with Crippen molar-refractivity contribution in [3.63, 3.8) is 0 Å². The number of hydrogen-bond acceptors (Lipinski definition) is 3. The van der Waals surface area contributed by atoms with Gasteiger partial charge in [-0.05, 0) is 30.4 Å². The lowest BCUT2D eigenvalue weighted by Gasteiger charge is -2.32. The van der Waals surface area contributed by atoms with Crippen LogP contribution in [-0.4, -0.2) is 31.0 Å². The third-order valence-electron chi connectivity index (χ3n) is 4.29. The molecule has 3 unspecified atom stereocenters. The van der Waals surface area contributed by atoms with Gasteiger partial charge in [-0.3, -0.25) is 0 Å². The van der Waals surface area contributed by atoms with Gasteiger partial charge in [0, 0.05) is 18.9 Å². The maximum absolute atomic E-state index is 10.4. The summed E-state index contributed by atoms with van der Waals surface area (Å²) in [5.41, 5.74) is 2.62. The molecule has 3 atom stereocenters. The Kier molecular flexibility index (Phi) is 4.16. The summed E-state index contributed by atoms with van der Waals surface area (Å²) in [5.74, 6) is 0.270. The maximum Gasteiger partial charge on any atom is 0.0852 e. The third kappa shape index (κ3) is 2.99. The average molecular weight is 262 g/mol. The zero-order chi connectivity index (χ0) is 13.1. The fourth-order valence-electron chi connectivity index (χ4n) is 3.15. The smallest absolute Gasteiger partial charge is 0.0852 e. The van der Waals surface area contributed by atoms with E-state index in [4.69, 9.17) is 9.47 Å². The molecule has 1 aromatic carbocycles. The normalized spacial score (nSPS) is 28.7. The van der Waals surface area contributed by atoms with Gasteiger partial charge in [-0.2, -0.15) is 0 Å². The van der Waals surface area contributed by atoms with Gasteiger partial charge in [0.2, 0.25) is 0 Å². The summed E-state index contributed by atoms with van der Waals surface area (Å²) in [6.45, 7) is 2.29. The van der Waals surface area contributed by atoms with Crippen LogP contribution in [0.15, 0.2) is 24.3 Å². The monoisotopic (exact) mass is 262 g/mol. The van der Waals surface area contributed by atoms with Gasteiger partial charge in [0.1, 0.15) is 0 Å². The van der Waals surface area contributed by atoms with Crippen LogP contribution in [-0.2, 0) is 15.9 Å². The Labute approximate surface area is 114 Å². The Morgan fingerprint density at radius 3 is 3.00 bits per heavy atom. The van der Waals surface area contributed by atoms with Gasteiger partial charge in [-0.25, -0.2) is 0 Å². The molecule has 19 heavy (non-hydrogen) atoms. The minimum absolute atomic E-state index is 0.0434. The highest BCUT2D eigenvalue weighted by Gasteiger charge is 2.28. The summed E-state index contributed by atoms with van der Waals surface area (Å²) in [6, 6.07) is 8.42. The summed E-state index contributed by atoms with van der Waals surface area (Å²) in [6.07, 6.45) is 3.51. The standard InChI is InChI=1S/C16H22O3/c17-15(13-5-3-8-18-11-13)10-16-14-6-2-1-4-12(14)7-9-19-16/h1-2,4,6,13,15-17H,3,5,7-11H2. The van der Waals surface area contributed by atoms with Gasteiger partial charge in [-0.1, -0.05) is 24.3 Å². The molecule has 2 aliphatic heterocycles. The van der Waals surface area contributed by atoms with E-state index in [1.165, 1.54) is 11.1 Å². The van der Waals surface area contributed by atoms with Gasteiger partial charge in [-0.15, -0.1) is 0 Å². The van der Waals surface area contributed by atoms with Crippen LogP contribution in [0.5, 0.6) is 0 Å². The second-order valence-electron chi connectivity index (χ2n) is 5.59. The van der Waals surface area contributed by atoms with Crippen molar-refractivity contribution in [2.45, 2.75) is 37.9 Å². The van der Waals surface area contributed by atoms with Gasteiger partial charge in [0.15, 0.2) is 0 Å². The molecular weight excluding hydrogens is 240 g/mol. The first-order valence-electron chi connectivity index (χ1n) is 7.30.